The molecule has 0 bridgehead atoms. The fourth-order valence-electron chi connectivity index (χ4n) is 2.04. The maximum Gasteiger partial charge on any atom is 0.266 e. The average Bonchev–Trinajstić information content (AvgIpc) is 2.55. The molecule has 0 heterocycles. The molecule has 23 heavy (non-hydrogen) atoms. The molecule has 0 radical (unpaired) electrons. The Bertz CT molecular complexity index is 808. The van der Waals surface area contributed by atoms with Crippen molar-refractivity contribution in [3.63, 3.8) is 0 Å². The Hall–Kier alpha value is -1.69. The highest BCUT2D eigenvalue weighted by Gasteiger charge is 2.28. The van der Waals surface area contributed by atoms with E-state index in [0.29, 0.717) is 11.4 Å². The second-order valence-electron chi connectivity index (χ2n) is 4.55. The molecule has 0 aliphatic heterocycles. The second kappa shape index (κ2) is 7.25. The summed E-state index contributed by atoms with van der Waals surface area (Å²) in [5.41, 5.74) is 0.510. The summed E-state index contributed by atoms with van der Waals surface area (Å²) < 4.78 is 32.2. The number of nitrogens with zero attached hydrogens (tertiary/aromatic N) is 1. The molecule has 0 unspecified atom stereocenters. The molecule has 0 N–H and O–H groups in total. The van der Waals surface area contributed by atoms with Crippen LogP contribution in [0.15, 0.2) is 60.0 Å². The molecule has 7 heteroatoms. The van der Waals surface area contributed by atoms with E-state index in [1.165, 1.54) is 29.6 Å². The maximum absolute atomic E-state index is 13.0. The Labute approximate surface area is 145 Å². The van der Waals surface area contributed by atoms with Crippen molar-refractivity contribution in [2.75, 3.05) is 18.0 Å². The fraction of sp³-hybridized carbons (Fsp3) is 0.125. The van der Waals surface area contributed by atoms with Crippen LogP contribution in [0, 0.1) is 0 Å². The Morgan fingerprint density at radius 2 is 1.78 bits per heavy atom. The topological polar surface area (TPSA) is 46.6 Å². The molecule has 2 aromatic carbocycles. The lowest BCUT2D eigenvalue weighted by atomic mass is 10.3. The number of anilines is 1. The number of para-hydroxylation sites is 1. The number of sulfonamides is 1. The SMILES string of the molecule is C=CCN(c1ccccc1)S(=O)(=O)c1ccc(OC)c(Cl)c1Cl. The molecule has 2 aromatic rings. The van der Waals surface area contributed by atoms with Crippen molar-refractivity contribution in [2.24, 2.45) is 0 Å². The molecule has 0 atom stereocenters. The first-order valence-corrected chi connectivity index (χ1v) is 8.83. The number of ether oxygens (including phenoxy) is 1. The lowest BCUT2D eigenvalue weighted by Gasteiger charge is -2.24. The van der Waals surface area contributed by atoms with Gasteiger partial charge in [-0.05, 0) is 24.3 Å². The van der Waals surface area contributed by atoms with Crippen molar-refractivity contribution < 1.29 is 13.2 Å². The van der Waals surface area contributed by atoms with Crippen LogP contribution in [0.1, 0.15) is 0 Å². The summed E-state index contributed by atoms with van der Waals surface area (Å²) >= 11 is 12.2. The minimum atomic E-state index is -3.90. The Morgan fingerprint density at radius 3 is 2.35 bits per heavy atom. The smallest absolute Gasteiger partial charge is 0.266 e. The van der Waals surface area contributed by atoms with Gasteiger partial charge in [-0.2, -0.15) is 0 Å². The molecule has 0 saturated carbocycles. The molecule has 0 aliphatic carbocycles. The van der Waals surface area contributed by atoms with Gasteiger partial charge in [0.1, 0.15) is 15.7 Å². The quantitative estimate of drug-likeness (QED) is 0.707. The summed E-state index contributed by atoms with van der Waals surface area (Å²) in [5, 5.41) is -0.0159. The molecular weight excluding hydrogens is 357 g/mol. The predicted octanol–water partition coefficient (Wildman–Crippen LogP) is 4.38. The normalized spacial score (nSPS) is 11.1. The summed E-state index contributed by atoms with van der Waals surface area (Å²) in [4.78, 5) is -0.0873. The lowest BCUT2D eigenvalue weighted by molar-refractivity contribution is 0.414. The van der Waals surface area contributed by atoms with Crippen molar-refractivity contribution in [1.29, 1.82) is 0 Å². The van der Waals surface area contributed by atoms with Gasteiger partial charge in [0, 0.05) is 0 Å². The van der Waals surface area contributed by atoms with Crippen molar-refractivity contribution in [1.82, 2.24) is 0 Å². The van der Waals surface area contributed by atoms with E-state index in [0.717, 1.165) is 0 Å². The maximum atomic E-state index is 13.0. The van der Waals surface area contributed by atoms with Gasteiger partial charge in [0.15, 0.2) is 0 Å². The van der Waals surface area contributed by atoms with Crippen LogP contribution in [-0.2, 0) is 10.0 Å². The van der Waals surface area contributed by atoms with E-state index in [-0.39, 0.29) is 21.5 Å². The highest BCUT2D eigenvalue weighted by atomic mass is 35.5. The first-order chi connectivity index (χ1) is 10.9. The van der Waals surface area contributed by atoms with Gasteiger partial charge in [-0.1, -0.05) is 47.5 Å². The van der Waals surface area contributed by atoms with Crippen molar-refractivity contribution in [3.8, 4) is 5.75 Å². The molecule has 0 fully saturated rings. The van der Waals surface area contributed by atoms with E-state index in [4.69, 9.17) is 27.9 Å². The standard InChI is InChI=1S/C16H15Cl2NO3S/c1-3-11-19(12-7-5-4-6-8-12)23(20,21)14-10-9-13(22-2)15(17)16(14)18/h3-10H,1,11H2,2H3. The van der Waals surface area contributed by atoms with Gasteiger partial charge in [0.05, 0.1) is 24.4 Å². The number of hydrogen-bond acceptors (Lipinski definition) is 3. The van der Waals surface area contributed by atoms with Gasteiger partial charge < -0.3 is 4.74 Å². The molecule has 122 valence electrons. The van der Waals surface area contributed by atoms with E-state index in [2.05, 4.69) is 6.58 Å². The molecule has 0 saturated heterocycles. The van der Waals surface area contributed by atoms with Gasteiger partial charge in [-0.25, -0.2) is 8.42 Å². The fourth-order valence-corrected chi connectivity index (χ4v) is 4.30. The Morgan fingerprint density at radius 1 is 1.13 bits per heavy atom. The minimum Gasteiger partial charge on any atom is -0.495 e. The molecule has 4 nitrogen and oxygen atoms in total. The van der Waals surface area contributed by atoms with Crippen LogP contribution in [0.5, 0.6) is 5.75 Å². The molecule has 2 rings (SSSR count). The first kappa shape index (κ1) is 17.7. The largest absolute Gasteiger partial charge is 0.495 e. The van der Waals surface area contributed by atoms with Gasteiger partial charge in [-0.3, -0.25) is 4.31 Å². The second-order valence-corrected chi connectivity index (χ2v) is 7.14. The molecule has 0 amide bonds. The van der Waals surface area contributed by atoms with E-state index in [9.17, 15) is 8.42 Å². The zero-order valence-electron chi connectivity index (χ0n) is 12.4. The van der Waals surface area contributed by atoms with E-state index >= 15 is 0 Å². The summed E-state index contributed by atoms with van der Waals surface area (Å²) in [6.45, 7) is 3.72. The number of halogens is 2. The number of hydrogen-bond donors (Lipinski definition) is 0. The highest BCUT2D eigenvalue weighted by molar-refractivity contribution is 7.93. The lowest BCUT2D eigenvalue weighted by Crippen LogP contribution is -2.31. The molecular formula is C16H15Cl2NO3S. The van der Waals surface area contributed by atoms with Gasteiger partial charge in [0.25, 0.3) is 10.0 Å². The van der Waals surface area contributed by atoms with Crippen LogP contribution in [0.3, 0.4) is 0 Å². The zero-order chi connectivity index (χ0) is 17.0. The van der Waals surface area contributed by atoms with Crippen LogP contribution >= 0.6 is 23.2 Å². The Balaban J connectivity index is 2.59. The van der Waals surface area contributed by atoms with Crippen LogP contribution in [0.2, 0.25) is 10.0 Å². The van der Waals surface area contributed by atoms with Gasteiger partial charge >= 0.3 is 0 Å². The summed E-state index contributed by atoms with van der Waals surface area (Å²) in [7, 11) is -2.47. The molecule has 0 spiro atoms. The van der Waals surface area contributed by atoms with Crippen LogP contribution in [0.4, 0.5) is 5.69 Å². The molecule has 0 aromatic heterocycles. The number of benzene rings is 2. The monoisotopic (exact) mass is 371 g/mol. The van der Waals surface area contributed by atoms with Gasteiger partial charge in [0.2, 0.25) is 0 Å². The van der Waals surface area contributed by atoms with Crippen molar-refractivity contribution in [3.05, 3.63) is 65.2 Å². The van der Waals surface area contributed by atoms with Crippen LogP contribution in [0.25, 0.3) is 0 Å². The average molecular weight is 372 g/mol. The van der Waals surface area contributed by atoms with Crippen molar-refractivity contribution in [2.45, 2.75) is 4.90 Å². The first-order valence-electron chi connectivity index (χ1n) is 6.64. The predicted molar refractivity (Wildman–Crippen MR) is 94.2 cm³/mol. The summed E-state index contributed by atoms with van der Waals surface area (Å²) in [5.74, 6) is 0.311. The summed E-state index contributed by atoms with van der Waals surface area (Å²) in [6, 6.07) is 11.5. The van der Waals surface area contributed by atoms with E-state index < -0.39 is 10.0 Å². The van der Waals surface area contributed by atoms with Gasteiger partial charge in [-0.15, -0.1) is 6.58 Å². The van der Waals surface area contributed by atoms with E-state index in [1.807, 2.05) is 0 Å². The number of rotatable bonds is 6. The third-order valence-electron chi connectivity index (χ3n) is 3.14. The number of methoxy groups -OCH3 is 1. The Kier molecular flexibility index (Phi) is 5.57. The van der Waals surface area contributed by atoms with Crippen LogP contribution < -0.4 is 9.04 Å². The van der Waals surface area contributed by atoms with Crippen molar-refractivity contribution >= 4 is 38.9 Å². The van der Waals surface area contributed by atoms with Crippen LogP contribution in [-0.4, -0.2) is 22.1 Å². The highest BCUT2D eigenvalue weighted by Crippen LogP contribution is 2.38. The minimum absolute atomic E-state index is 0.0573. The molecule has 0 aliphatic rings. The summed E-state index contributed by atoms with van der Waals surface area (Å²) in [6.07, 6.45) is 1.50. The third kappa shape index (κ3) is 3.47. The third-order valence-corrected chi connectivity index (χ3v) is 5.95. The zero-order valence-corrected chi connectivity index (χ0v) is 14.7. The van der Waals surface area contributed by atoms with E-state index in [1.54, 1.807) is 30.3 Å².